The highest BCUT2D eigenvalue weighted by Gasteiger charge is 2.19. The maximum absolute atomic E-state index is 9.91. The van der Waals surface area contributed by atoms with Crippen LogP contribution in [-0.4, -0.2) is 58.9 Å². The van der Waals surface area contributed by atoms with Gasteiger partial charge < -0.3 is 9.63 Å². The highest BCUT2D eigenvalue weighted by molar-refractivity contribution is 5.03. The molecule has 0 spiro atoms. The predicted molar refractivity (Wildman–Crippen MR) is 78.4 cm³/mol. The van der Waals surface area contributed by atoms with E-state index in [1.165, 1.54) is 0 Å². The number of β-amino-alcohol motifs (C(OH)–C–C–N with tert-alkyl or cyclic N) is 1. The first-order chi connectivity index (χ1) is 9.67. The van der Waals surface area contributed by atoms with Crippen LogP contribution in [0.4, 0.5) is 0 Å². The number of hydrogen-bond donors (Lipinski definition) is 1. The van der Waals surface area contributed by atoms with Crippen molar-refractivity contribution in [1.82, 2.24) is 15.0 Å². The summed E-state index contributed by atoms with van der Waals surface area (Å²) in [6, 6.07) is 1.99. The number of aliphatic hydroxyl groups excluding tert-OH is 1. The van der Waals surface area contributed by atoms with Crippen LogP contribution < -0.4 is 0 Å². The number of piperazine rings is 1. The topological polar surface area (TPSA) is 52.7 Å². The fraction of sp³-hybridized carbons (Fsp3) is 0.667. The lowest BCUT2D eigenvalue weighted by Crippen LogP contribution is -2.48. The second-order valence-electron chi connectivity index (χ2n) is 5.53. The van der Waals surface area contributed by atoms with Gasteiger partial charge >= 0.3 is 0 Å². The third kappa shape index (κ3) is 4.74. The lowest BCUT2D eigenvalue weighted by molar-refractivity contribution is 0.0662. The molecule has 0 saturated carbocycles. The van der Waals surface area contributed by atoms with Gasteiger partial charge in [0.2, 0.25) is 0 Å². The van der Waals surface area contributed by atoms with Crippen molar-refractivity contribution in [2.75, 3.05) is 32.7 Å². The van der Waals surface area contributed by atoms with Gasteiger partial charge in [-0.2, -0.15) is 0 Å². The van der Waals surface area contributed by atoms with E-state index in [4.69, 9.17) is 4.52 Å². The number of aromatic nitrogens is 1. The molecule has 1 aliphatic rings. The first-order valence-corrected chi connectivity index (χ1v) is 7.33. The second-order valence-corrected chi connectivity index (χ2v) is 5.53. The van der Waals surface area contributed by atoms with E-state index >= 15 is 0 Å². The average Bonchev–Trinajstić information content (AvgIpc) is 2.84. The number of allylic oxidation sites excluding steroid dienone is 1. The summed E-state index contributed by atoms with van der Waals surface area (Å²) in [5.41, 5.74) is 1.00. The molecule has 5 nitrogen and oxygen atoms in total. The van der Waals surface area contributed by atoms with E-state index in [9.17, 15) is 5.11 Å². The summed E-state index contributed by atoms with van der Waals surface area (Å²) in [7, 11) is 0. The molecule has 1 N–H and O–H groups in total. The molecule has 1 aromatic rings. The number of rotatable bonds is 7. The minimum absolute atomic E-state index is 0.238. The molecule has 5 heteroatoms. The van der Waals surface area contributed by atoms with Crippen molar-refractivity contribution in [2.45, 2.75) is 32.4 Å². The van der Waals surface area contributed by atoms with Crippen LogP contribution in [0.25, 0.3) is 0 Å². The maximum atomic E-state index is 9.91. The molecule has 0 aromatic carbocycles. The van der Waals surface area contributed by atoms with Gasteiger partial charge in [0.15, 0.2) is 0 Å². The summed E-state index contributed by atoms with van der Waals surface area (Å²) in [5.74, 6) is 0.865. The van der Waals surface area contributed by atoms with E-state index in [1.54, 1.807) is 0 Å². The highest BCUT2D eigenvalue weighted by Crippen LogP contribution is 2.10. The minimum atomic E-state index is -0.238. The molecule has 1 fully saturated rings. The number of hydrogen-bond acceptors (Lipinski definition) is 5. The Labute approximate surface area is 120 Å². The predicted octanol–water partition coefficient (Wildman–Crippen LogP) is 1.43. The number of aryl methyl sites for hydroxylation is 1. The van der Waals surface area contributed by atoms with Gasteiger partial charge in [-0.05, 0) is 19.8 Å². The van der Waals surface area contributed by atoms with Gasteiger partial charge in [0.05, 0.1) is 11.8 Å². The zero-order valence-electron chi connectivity index (χ0n) is 12.3. The van der Waals surface area contributed by atoms with Gasteiger partial charge in [-0.25, -0.2) is 0 Å². The maximum Gasteiger partial charge on any atom is 0.133 e. The van der Waals surface area contributed by atoms with Crippen LogP contribution in [0, 0.1) is 6.92 Å². The molecular weight excluding hydrogens is 254 g/mol. The average molecular weight is 279 g/mol. The van der Waals surface area contributed by atoms with E-state index < -0.39 is 0 Å². The molecule has 2 rings (SSSR count). The van der Waals surface area contributed by atoms with Crippen LogP contribution in [0.3, 0.4) is 0 Å². The summed E-state index contributed by atoms with van der Waals surface area (Å²) >= 11 is 0. The minimum Gasteiger partial charge on any atom is -0.392 e. The van der Waals surface area contributed by atoms with Gasteiger partial charge in [0.1, 0.15) is 5.76 Å². The molecule has 1 atom stereocenters. The van der Waals surface area contributed by atoms with Crippen molar-refractivity contribution in [1.29, 1.82) is 0 Å². The molecule has 0 amide bonds. The Morgan fingerprint density at radius 2 is 2.10 bits per heavy atom. The first kappa shape index (κ1) is 15.2. The van der Waals surface area contributed by atoms with Crippen LogP contribution >= 0.6 is 0 Å². The van der Waals surface area contributed by atoms with Crippen molar-refractivity contribution in [3.8, 4) is 0 Å². The van der Waals surface area contributed by atoms with Gasteiger partial charge in [-0.1, -0.05) is 11.2 Å². The van der Waals surface area contributed by atoms with Crippen LogP contribution in [0.15, 0.2) is 23.2 Å². The summed E-state index contributed by atoms with van der Waals surface area (Å²) < 4.78 is 5.09. The van der Waals surface area contributed by atoms with Gasteiger partial charge in [0, 0.05) is 45.3 Å². The quantitative estimate of drug-likeness (QED) is 0.765. The molecule has 1 aliphatic heterocycles. The molecule has 0 radical (unpaired) electrons. The van der Waals surface area contributed by atoms with E-state index in [2.05, 4.69) is 21.5 Å². The van der Waals surface area contributed by atoms with Crippen LogP contribution in [0.5, 0.6) is 0 Å². The third-order valence-corrected chi connectivity index (χ3v) is 3.70. The Morgan fingerprint density at radius 3 is 2.70 bits per heavy atom. The second kappa shape index (κ2) is 7.57. The third-order valence-electron chi connectivity index (χ3n) is 3.70. The molecule has 2 heterocycles. The monoisotopic (exact) mass is 279 g/mol. The van der Waals surface area contributed by atoms with E-state index in [-0.39, 0.29) is 6.10 Å². The fourth-order valence-electron chi connectivity index (χ4n) is 2.55. The molecule has 0 aliphatic carbocycles. The lowest BCUT2D eigenvalue weighted by Gasteiger charge is -2.35. The number of nitrogens with zero attached hydrogens (tertiary/aromatic N) is 3. The summed E-state index contributed by atoms with van der Waals surface area (Å²) in [6.07, 6.45) is 3.31. The molecular formula is C15H25N3O2. The molecule has 1 saturated heterocycles. The largest absolute Gasteiger partial charge is 0.392 e. The van der Waals surface area contributed by atoms with Crippen molar-refractivity contribution in [2.24, 2.45) is 0 Å². The smallest absolute Gasteiger partial charge is 0.133 e. The van der Waals surface area contributed by atoms with Crippen molar-refractivity contribution in [3.63, 3.8) is 0 Å². The molecule has 0 bridgehead atoms. The summed E-state index contributed by atoms with van der Waals surface area (Å²) in [4.78, 5) is 4.71. The van der Waals surface area contributed by atoms with Crippen LogP contribution in [0.1, 0.15) is 24.3 Å². The van der Waals surface area contributed by atoms with Crippen molar-refractivity contribution < 1.29 is 9.63 Å². The Morgan fingerprint density at radius 1 is 1.40 bits per heavy atom. The van der Waals surface area contributed by atoms with Crippen molar-refractivity contribution in [3.05, 3.63) is 30.2 Å². The Kier molecular flexibility index (Phi) is 5.76. The van der Waals surface area contributed by atoms with Gasteiger partial charge in [-0.15, -0.1) is 6.58 Å². The Balaban J connectivity index is 1.68. The first-order valence-electron chi connectivity index (χ1n) is 7.33. The Hall–Kier alpha value is -1.17. The van der Waals surface area contributed by atoms with E-state index in [0.29, 0.717) is 0 Å². The highest BCUT2D eigenvalue weighted by atomic mass is 16.5. The summed E-state index contributed by atoms with van der Waals surface area (Å²) in [6.45, 7) is 11.3. The normalized spacial score (nSPS) is 19.1. The number of aliphatic hydroxyl groups is 1. The van der Waals surface area contributed by atoms with Crippen LogP contribution in [0.2, 0.25) is 0 Å². The molecule has 112 valence electrons. The molecule has 1 unspecified atom stereocenters. The zero-order valence-corrected chi connectivity index (χ0v) is 12.3. The van der Waals surface area contributed by atoms with E-state index in [0.717, 1.165) is 63.6 Å². The Bertz CT molecular complexity index is 411. The van der Waals surface area contributed by atoms with Gasteiger partial charge in [0.25, 0.3) is 0 Å². The fourth-order valence-corrected chi connectivity index (χ4v) is 2.55. The SMILES string of the molecule is C=CCCC(O)CN1CCN(Cc2cc(C)on2)CC1. The molecule has 20 heavy (non-hydrogen) atoms. The van der Waals surface area contributed by atoms with Gasteiger partial charge in [-0.3, -0.25) is 9.80 Å². The summed E-state index contributed by atoms with van der Waals surface area (Å²) in [5, 5.41) is 13.9. The molecule has 1 aromatic heterocycles. The van der Waals surface area contributed by atoms with Crippen LogP contribution in [-0.2, 0) is 6.54 Å². The van der Waals surface area contributed by atoms with Crippen molar-refractivity contribution >= 4 is 0 Å². The zero-order chi connectivity index (χ0) is 14.4. The van der Waals surface area contributed by atoms with E-state index in [1.807, 2.05) is 19.1 Å². The lowest BCUT2D eigenvalue weighted by atomic mass is 10.1. The standard InChI is InChI=1S/C15H25N3O2/c1-3-4-5-15(19)12-18-8-6-17(7-9-18)11-14-10-13(2)20-16-14/h3,10,15,19H,1,4-9,11-12H2,2H3.